The van der Waals surface area contributed by atoms with E-state index in [-0.39, 0.29) is 5.91 Å². The Morgan fingerprint density at radius 3 is 2.73 bits per heavy atom. The number of nitrogens with zero attached hydrogens (tertiary/aromatic N) is 1. The highest BCUT2D eigenvalue weighted by Gasteiger charge is 2.28. The number of amides is 3. The maximum Gasteiger partial charge on any atom is 0.319 e. The van der Waals surface area contributed by atoms with Gasteiger partial charge in [-0.2, -0.15) is 0 Å². The Kier molecular flexibility index (Phi) is 5.11. The summed E-state index contributed by atoms with van der Waals surface area (Å²) < 4.78 is 5.26. The molecule has 1 aliphatic heterocycles. The van der Waals surface area contributed by atoms with Crippen LogP contribution in [0.25, 0.3) is 0 Å². The molecule has 6 nitrogen and oxygen atoms in total. The van der Waals surface area contributed by atoms with Crippen molar-refractivity contribution in [1.82, 2.24) is 5.32 Å². The minimum atomic E-state index is -0.642. The molecule has 0 saturated carbocycles. The summed E-state index contributed by atoms with van der Waals surface area (Å²) in [6.45, 7) is 4.26. The Morgan fingerprint density at radius 2 is 1.96 bits per heavy atom. The molecule has 0 unspecified atom stereocenters. The Labute approximate surface area is 153 Å². The molecule has 0 saturated heterocycles. The van der Waals surface area contributed by atoms with E-state index < -0.39 is 12.1 Å². The van der Waals surface area contributed by atoms with E-state index in [1.807, 2.05) is 43.3 Å². The second-order valence-electron chi connectivity index (χ2n) is 6.39. The van der Waals surface area contributed by atoms with E-state index in [2.05, 4.69) is 10.6 Å². The number of ether oxygens (including phenoxy) is 1. The predicted molar refractivity (Wildman–Crippen MR) is 102 cm³/mol. The summed E-state index contributed by atoms with van der Waals surface area (Å²) in [5.74, 6) is 0.444. The first kappa shape index (κ1) is 17.8. The molecular formula is C20H23N3O3. The zero-order chi connectivity index (χ0) is 18.7. The molecule has 1 atom stereocenters. The molecule has 0 radical (unpaired) electrons. The van der Waals surface area contributed by atoms with E-state index >= 15 is 0 Å². The largest absolute Gasteiger partial charge is 0.495 e. The zero-order valence-corrected chi connectivity index (χ0v) is 15.2. The van der Waals surface area contributed by atoms with Crippen molar-refractivity contribution in [1.29, 1.82) is 0 Å². The summed E-state index contributed by atoms with van der Waals surface area (Å²) in [6.07, 6.45) is 0.835. The van der Waals surface area contributed by atoms with Crippen LogP contribution in [0, 0.1) is 6.92 Å². The fraction of sp³-hybridized carbons (Fsp3) is 0.300. The highest BCUT2D eigenvalue weighted by Crippen LogP contribution is 2.28. The average Bonchev–Trinajstić information content (AvgIpc) is 3.05. The van der Waals surface area contributed by atoms with Gasteiger partial charge in [-0.3, -0.25) is 4.79 Å². The van der Waals surface area contributed by atoms with Crippen LogP contribution in [0.4, 0.5) is 16.2 Å². The molecule has 1 aliphatic rings. The monoisotopic (exact) mass is 353 g/mol. The molecule has 0 spiro atoms. The number of rotatable bonds is 4. The number of aryl methyl sites for hydroxylation is 1. The summed E-state index contributed by atoms with van der Waals surface area (Å²) in [5.41, 5.74) is 3.64. The second kappa shape index (κ2) is 7.47. The van der Waals surface area contributed by atoms with Crippen LogP contribution in [0.1, 0.15) is 18.1 Å². The Bertz CT molecular complexity index is 835. The summed E-state index contributed by atoms with van der Waals surface area (Å²) in [6, 6.07) is 12.3. The van der Waals surface area contributed by atoms with Crippen LogP contribution >= 0.6 is 0 Å². The standard InChI is InChI=1S/C20H23N3O3/c1-13-8-9-18(26-3)16(12-13)22-20(25)21-14(2)19(24)23-11-10-15-6-4-5-7-17(15)23/h4-9,12,14H,10-11H2,1-3H3,(H2,21,22,25)/t14-/m1/s1. The first-order valence-electron chi connectivity index (χ1n) is 8.61. The third-order valence-electron chi connectivity index (χ3n) is 4.47. The van der Waals surface area contributed by atoms with Crippen molar-refractivity contribution in [2.75, 3.05) is 23.9 Å². The number of hydrogen-bond acceptors (Lipinski definition) is 3. The number of anilines is 2. The van der Waals surface area contributed by atoms with Crippen LogP contribution < -0.4 is 20.3 Å². The molecule has 2 aromatic carbocycles. The zero-order valence-electron chi connectivity index (χ0n) is 15.2. The number of carbonyl (C=O) groups excluding carboxylic acids is 2. The van der Waals surface area contributed by atoms with Gasteiger partial charge >= 0.3 is 6.03 Å². The molecule has 3 amide bonds. The maximum atomic E-state index is 12.7. The minimum absolute atomic E-state index is 0.124. The van der Waals surface area contributed by atoms with Gasteiger partial charge in [0, 0.05) is 12.2 Å². The Hall–Kier alpha value is -3.02. The van der Waals surface area contributed by atoms with Gasteiger partial charge < -0.3 is 20.3 Å². The number of methoxy groups -OCH3 is 1. The van der Waals surface area contributed by atoms with Crippen LogP contribution in [0.5, 0.6) is 5.75 Å². The van der Waals surface area contributed by atoms with Gasteiger partial charge in [0.2, 0.25) is 5.91 Å². The number of nitrogens with one attached hydrogen (secondary N) is 2. The lowest BCUT2D eigenvalue weighted by molar-refractivity contribution is -0.119. The lowest BCUT2D eigenvalue weighted by Gasteiger charge is -2.22. The van der Waals surface area contributed by atoms with Crippen LogP contribution in [0.3, 0.4) is 0 Å². The van der Waals surface area contributed by atoms with E-state index in [0.29, 0.717) is 18.0 Å². The third-order valence-corrected chi connectivity index (χ3v) is 4.47. The van der Waals surface area contributed by atoms with E-state index in [1.54, 1.807) is 25.0 Å². The third kappa shape index (κ3) is 3.64. The van der Waals surface area contributed by atoms with Gasteiger partial charge in [-0.1, -0.05) is 24.3 Å². The Balaban J connectivity index is 1.65. The number of fused-ring (bicyclic) bond motifs is 1. The second-order valence-corrected chi connectivity index (χ2v) is 6.39. The van der Waals surface area contributed by atoms with Gasteiger partial charge in [0.05, 0.1) is 12.8 Å². The Morgan fingerprint density at radius 1 is 1.19 bits per heavy atom. The molecule has 0 bridgehead atoms. The molecular weight excluding hydrogens is 330 g/mol. The van der Waals surface area contributed by atoms with E-state index in [1.165, 1.54) is 0 Å². The van der Waals surface area contributed by atoms with E-state index in [4.69, 9.17) is 4.74 Å². The van der Waals surface area contributed by atoms with Crippen molar-refractivity contribution in [3.05, 3.63) is 53.6 Å². The van der Waals surface area contributed by atoms with Gasteiger partial charge in [-0.05, 0) is 49.6 Å². The molecule has 2 aromatic rings. The SMILES string of the molecule is COc1ccc(C)cc1NC(=O)N[C@H](C)C(=O)N1CCc2ccccc21. The molecule has 0 aromatic heterocycles. The van der Waals surface area contributed by atoms with Crippen molar-refractivity contribution in [3.8, 4) is 5.75 Å². The van der Waals surface area contributed by atoms with E-state index in [9.17, 15) is 9.59 Å². The van der Waals surface area contributed by atoms with Crippen molar-refractivity contribution in [3.63, 3.8) is 0 Å². The molecule has 0 aliphatic carbocycles. The van der Waals surface area contributed by atoms with Crippen LogP contribution in [0.2, 0.25) is 0 Å². The van der Waals surface area contributed by atoms with Crippen molar-refractivity contribution >= 4 is 23.3 Å². The summed E-state index contributed by atoms with van der Waals surface area (Å²) >= 11 is 0. The van der Waals surface area contributed by atoms with Gasteiger partial charge in [-0.25, -0.2) is 4.79 Å². The van der Waals surface area contributed by atoms with Crippen LogP contribution in [0.15, 0.2) is 42.5 Å². The topological polar surface area (TPSA) is 70.7 Å². The fourth-order valence-electron chi connectivity index (χ4n) is 3.14. The molecule has 136 valence electrons. The molecule has 0 fully saturated rings. The van der Waals surface area contributed by atoms with Crippen molar-refractivity contribution in [2.24, 2.45) is 0 Å². The summed E-state index contributed by atoms with van der Waals surface area (Å²) in [5, 5.41) is 5.46. The first-order valence-corrected chi connectivity index (χ1v) is 8.61. The predicted octanol–water partition coefficient (Wildman–Crippen LogP) is 3.10. The maximum absolute atomic E-state index is 12.7. The highest BCUT2D eigenvalue weighted by atomic mass is 16.5. The summed E-state index contributed by atoms with van der Waals surface area (Å²) in [7, 11) is 1.55. The minimum Gasteiger partial charge on any atom is -0.495 e. The fourth-order valence-corrected chi connectivity index (χ4v) is 3.14. The number of benzene rings is 2. The smallest absolute Gasteiger partial charge is 0.319 e. The molecule has 26 heavy (non-hydrogen) atoms. The van der Waals surface area contributed by atoms with E-state index in [0.717, 1.165) is 23.2 Å². The quantitative estimate of drug-likeness (QED) is 0.887. The highest BCUT2D eigenvalue weighted by molar-refractivity contribution is 6.02. The average molecular weight is 353 g/mol. The lowest BCUT2D eigenvalue weighted by Crippen LogP contribution is -2.47. The normalized spacial score (nSPS) is 13.7. The summed E-state index contributed by atoms with van der Waals surface area (Å²) in [4.78, 5) is 26.8. The molecule has 3 rings (SSSR count). The lowest BCUT2D eigenvalue weighted by atomic mass is 10.2. The van der Waals surface area contributed by atoms with Crippen LogP contribution in [-0.2, 0) is 11.2 Å². The van der Waals surface area contributed by atoms with Crippen molar-refractivity contribution in [2.45, 2.75) is 26.3 Å². The van der Waals surface area contributed by atoms with Gasteiger partial charge in [0.1, 0.15) is 11.8 Å². The number of urea groups is 1. The molecule has 6 heteroatoms. The van der Waals surface area contributed by atoms with Gasteiger partial charge in [-0.15, -0.1) is 0 Å². The number of para-hydroxylation sites is 1. The number of carbonyl (C=O) groups is 2. The molecule has 2 N–H and O–H groups in total. The first-order chi connectivity index (χ1) is 12.5. The number of hydrogen-bond donors (Lipinski definition) is 2. The van der Waals surface area contributed by atoms with Gasteiger partial charge in [0.25, 0.3) is 0 Å². The van der Waals surface area contributed by atoms with Crippen LogP contribution in [-0.4, -0.2) is 31.6 Å². The van der Waals surface area contributed by atoms with Crippen molar-refractivity contribution < 1.29 is 14.3 Å². The van der Waals surface area contributed by atoms with Gasteiger partial charge in [0.15, 0.2) is 0 Å². The molecule has 1 heterocycles.